The lowest BCUT2D eigenvalue weighted by molar-refractivity contribution is 1.24. The van der Waals surface area contributed by atoms with Gasteiger partial charge in [-0.2, -0.15) is 10.2 Å². The topological polar surface area (TPSA) is 102 Å². The Kier molecular flexibility index (Phi) is 2.92. The molecule has 0 atom stereocenters. The van der Waals surface area contributed by atoms with Crippen LogP contribution in [0.15, 0.2) is 36.4 Å². The molecule has 5 heteroatoms. The highest BCUT2D eigenvalue weighted by molar-refractivity contribution is 5.96. The van der Waals surface area contributed by atoms with Crippen molar-refractivity contribution in [3.8, 4) is 17.2 Å². The standard InChI is InChI=1S/C16H13N5/c1-9-12(11-4-2-3-10(7-11)8-17)5-6-13-14(9)15(18)21-16(19)20-13/h2-7H,1H3,(H4,18,19,20,21). The van der Waals surface area contributed by atoms with Crippen molar-refractivity contribution in [1.29, 1.82) is 5.26 Å². The molecule has 0 aliphatic heterocycles. The number of nitrogen functional groups attached to an aromatic ring is 2. The van der Waals surface area contributed by atoms with Gasteiger partial charge in [0.15, 0.2) is 0 Å². The van der Waals surface area contributed by atoms with Crippen LogP contribution in [0.4, 0.5) is 11.8 Å². The van der Waals surface area contributed by atoms with Crippen LogP contribution >= 0.6 is 0 Å². The Morgan fingerprint density at radius 3 is 2.67 bits per heavy atom. The second kappa shape index (κ2) is 4.76. The summed E-state index contributed by atoms with van der Waals surface area (Å²) in [4.78, 5) is 8.22. The molecule has 3 rings (SSSR count). The van der Waals surface area contributed by atoms with Gasteiger partial charge in [0.25, 0.3) is 0 Å². The van der Waals surface area contributed by atoms with E-state index in [-0.39, 0.29) is 5.95 Å². The monoisotopic (exact) mass is 275 g/mol. The molecule has 0 unspecified atom stereocenters. The number of aryl methyl sites for hydroxylation is 1. The van der Waals surface area contributed by atoms with Crippen LogP contribution in [0, 0.1) is 18.3 Å². The van der Waals surface area contributed by atoms with E-state index in [9.17, 15) is 0 Å². The summed E-state index contributed by atoms with van der Waals surface area (Å²) >= 11 is 0. The highest BCUT2D eigenvalue weighted by atomic mass is 15.0. The fourth-order valence-electron chi connectivity index (χ4n) is 2.51. The third-order valence-electron chi connectivity index (χ3n) is 3.47. The molecule has 0 amide bonds. The zero-order valence-corrected chi connectivity index (χ0v) is 11.5. The fraction of sp³-hybridized carbons (Fsp3) is 0.0625. The number of aromatic nitrogens is 2. The second-order valence-electron chi connectivity index (χ2n) is 4.79. The number of fused-ring (bicyclic) bond motifs is 1. The van der Waals surface area contributed by atoms with Crippen LogP contribution in [0.25, 0.3) is 22.0 Å². The number of hydrogen-bond donors (Lipinski definition) is 2. The molecule has 1 heterocycles. The highest BCUT2D eigenvalue weighted by Crippen LogP contribution is 2.32. The van der Waals surface area contributed by atoms with E-state index in [0.29, 0.717) is 11.4 Å². The van der Waals surface area contributed by atoms with Crippen LogP contribution in [0.2, 0.25) is 0 Å². The first-order chi connectivity index (χ1) is 10.1. The SMILES string of the molecule is Cc1c(-c2cccc(C#N)c2)ccc2nc(N)nc(N)c12. The number of hydrogen-bond acceptors (Lipinski definition) is 5. The molecule has 3 aromatic rings. The van der Waals surface area contributed by atoms with Crippen molar-refractivity contribution < 1.29 is 0 Å². The van der Waals surface area contributed by atoms with E-state index in [0.717, 1.165) is 27.6 Å². The summed E-state index contributed by atoms with van der Waals surface area (Å²) < 4.78 is 0. The Balaban J connectivity index is 2.30. The maximum absolute atomic E-state index is 9.02. The van der Waals surface area contributed by atoms with Gasteiger partial charge in [0.2, 0.25) is 5.95 Å². The van der Waals surface area contributed by atoms with Gasteiger partial charge in [0.05, 0.1) is 17.1 Å². The Hall–Kier alpha value is -3.13. The molecule has 0 saturated carbocycles. The maximum Gasteiger partial charge on any atom is 0.222 e. The highest BCUT2D eigenvalue weighted by Gasteiger charge is 2.11. The molecule has 0 bridgehead atoms. The molecular weight excluding hydrogens is 262 g/mol. The van der Waals surface area contributed by atoms with E-state index in [1.54, 1.807) is 6.07 Å². The van der Waals surface area contributed by atoms with Crippen molar-refractivity contribution in [2.45, 2.75) is 6.92 Å². The normalized spacial score (nSPS) is 10.5. The minimum Gasteiger partial charge on any atom is -0.383 e. The first-order valence-electron chi connectivity index (χ1n) is 6.43. The molecule has 2 aromatic carbocycles. The summed E-state index contributed by atoms with van der Waals surface area (Å²) in [5, 5.41) is 9.82. The predicted molar refractivity (Wildman–Crippen MR) is 83.3 cm³/mol. The van der Waals surface area contributed by atoms with Gasteiger partial charge in [-0.3, -0.25) is 0 Å². The molecule has 0 saturated heterocycles. The molecule has 0 aliphatic carbocycles. The lowest BCUT2D eigenvalue weighted by Gasteiger charge is -2.11. The average molecular weight is 275 g/mol. The summed E-state index contributed by atoms with van der Waals surface area (Å²) in [5.74, 6) is 0.534. The third-order valence-corrected chi connectivity index (χ3v) is 3.47. The van der Waals surface area contributed by atoms with Gasteiger partial charge >= 0.3 is 0 Å². The van der Waals surface area contributed by atoms with Crippen molar-refractivity contribution in [3.63, 3.8) is 0 Å². The van der Waals surface area contributed by atoms with E-state index in [1.807, 2.05) is 37.3 Å². The predicted octanol–water partition coefficient (Wildman–Crippen LogP) is 2.64. The van der Waals surface area contributed by atoms with E-state index < -0.39 is 0 Å². The van der Waals surface area contributed by atoms with Crippen LogP contribution in [-0.2, 0) is 0 Å². The van der Waals surface area contributed by atoms with Crippen molar-refractivity contribution in [3.05, 3.63) is 47.5 Å². The Labute approximate surface area is 121 Å². The number of rotatable bonds is 1. The zero-order valence-electron chi connectivity index (χ0n) is 11.5. The van der Waals surface area contributed by atoms with Crippen LogP contribution in [0.5, 0.6) is 0 Å². The first-order valence-corrected chi connectivity index (χ1v) is 6.43. The number of anilines is 2. The summed E-state index contributed by atoms with van der Waals surface area (Å²) in [6.45, 7) is 1.96. The van der Waals surface area contributed by atoms with Gasteiger partial charge in [-0.1, -0.05) is 18.2 Å². The van der Waals surface area contributed by atoms with E-state index in [1.165, 1.54) is 0 Å². The molecule has 0 radical (unpaired) electrons. The molecule has 5 nitrogen and oxygen atoms in total. The number of nitrogens with two attached hydrogens (primary N) is 2. The van der Waals surface area contributed by atoms with Gasteiger partial charge in [-0.15, -0.1) is 0 Å². The number of benzene rings is 2. The summed E-state index contributed by atoms with van der Waals surface area (Å²) in [7, 11) is 0. The minimum absolute atomic E-state index is 0.165. The summed E-state index contributed by atoms with van der Waals surface area (Å²) in [5.41, 5.74) is 15.9. The molecule has 4 N–H and O–H groups in total. The lowest BCUT2D eigenvalue weighted by atomic mass is 9.96. The minimum atomic E-state index is 0.165. The first kappa shape index (κ1) is 12.9. The largest absolute Gasteiger partial charge is 0.383 e. The second-order valence-corrected chi connectivity index (χ2v) is 4.79. The molecule has 0 aliphatic rings. The quantitative estimate of drug-likeness (QED) is 0.710. The van der Waals surface area contributed by atoms with Gasteiger partial charge in [-0.25, -0.2) is 4.98 Å². The Bertz CT molecular complexity index is 893. The van der Waals surface area contributed by atoms with Crippen LogP contribution < -0.4 is 11.5 Å². The van der Waals surface area contributed by atoms with Crippen LogP contribution in [0.1, 0.15) is 11.1 Å². The smallest absolute Gasteiger partial charge is 0.222 e. The third kappa shape index (κ3) is 2.13. The molecule has 21 heavy (non-hydrogen) atoms. The maximum atomic E-state index is 9.02. The Morgan fingerprint density at radius 1 is 1.10 bits per heavy atom. The molecule has 0 fully saturated rings. The number of nitrogens with zero attached hydrogens (tertiary/aromatic N) is 3. The van der Waals surface area contributed by atoms with Crippen LogP contribution in [0.3, 0.4) is 0 Å². The van der Waals surface area contributed by atoms with Crippen molar-refractivity contribution in [2.75, 3.05) is 11.5 Å². The van der Waals surface area contributed by atoms with Gasteiger partial charge in [0.1, 0.15) is 5.82 Å². The molecule has 0 spiro atoms. The van der Waals surface area contributed by atoms with Crippen LogP contribution in [-0.4, -0.2) is 9.97 Å². The van der Waals surface area contributed by atoms with E-state index in [2.05, 4.69) is 16.0 Å². The molecule has 1 aromatic heterocycles. The average Bonchev–Trinajstić information content (AvgIpc) is 2.47. The summed E-state index contributed by atoms with van der Waals surface area (Å²) in [6, 6.07) is 13.4. The van der Waals surface area contributed by atoms with Gasteiger partial charge in [0, 0.05) is 5.39 Å². The van der Waals surface area contributed by atoms with E-state index >= 15 is 0 Å². The van der Waals surface area contributed by atoms with Crippen molar-refractivity contribution in [2.24, 2.45) is 0 Å². The Morgan fingerprint density at radius 2 is 1.90 bits per heavy atom. The zero-order chi connectivity index (χ0) is 15.0. The summed E-state index contributed by atoms with van der Waals surface area (Å²) in [6.07, 6.45) is 0. The van der Waals surface area contributed by atoms with Gasteiger partial charge in [-0.05, 0) is 41.8 Å². The van der Waals surface area contributed by atoms with Crippen molar-refractivity contribution in [1.82, 2.24) is 9.97 Å². The van der Waals surface area contributed by atoms with Gasteiger partial charge < -0.3 is 11.5 Å². The van der Waals surface area contributed by atoms with E-state index in [4.69, 9.17) is 16.7 Å². The molecule has 102 valence electrons. The molecular formula is C16H13N5. The fourth-order valence-corrected chi connectivity index (χ4v) is 2.51. The number of nitriles is 1. The lowest BCUT2D eigenvalue weighted by Crippen LogP contribution is -2.02. The van der Waals surface area contributed by atoms with Crippen molar-refractivity contribution >= 4 is 22.7 Å².